The Morgan fingerprint density at radius 2 is 2.00 bits per heavy atom. The number of carbonyl (C=O) groups excluding carboxylic acids is 2. The average molecular weight is 341 g/mol. The third kappa shape index (κ3) is 4.74. The lowest BCUT2D eigenvalue weighted by Gasteiger charge is -2.01. The topological polar surface area (TPSA) is 97.1 Å². The van der Waals surface area contributed by atoms with Crippen molar-refractivity contribution in [3.8, 4) is 11.5 Å². The van der Waals surface area contributed by atoms with Gasteiger partial charge in [0.2, 0.25) is 11.8 Å². The van der Waals surface area contributed by atoms with Crippen molar-refractivity contribution in [3.63, 3.8) is 0 Å². The van der Waals surface area contributed by atoms with Crippen LogP contribution in [0.5, 0.6) is 0 Å². The summed E-state index contributed by atoms with van der Waals surface area (Å²) in [6.07, 6.45) is 0.163. The number of amides is 3. The predicted molar refractivity (Wildman–Crippen MR) is 82.7 cm³/mol. The van der Waals surface area contributed by atoms with Crippen molar-refractivity contribution in [3.05, 3.63) is 29.3 Å². The molecule has 0 bridgehead atoms. The fraction of sp³-hybridized carbons (Fsp3) is 0.231. The fourth-order valence-corrected chi connectivity index (χ4v) is 2.28. The standard InChI is InChI=1S/C13H13ClN4O3S/c1-15-12(20)16-10(19)6-7-22-13-18-17-11(21-13)8-2-4-9(14)5-3-8/h2-5H,6-7H2,1H3,(H2,15,16,19,20). The highest BCUT2D eigenvalue weighted by Crippen LogP contribution is 2.24. The highest BCUT2D eigenvalue weighted by molar-refractivity contribution is 7.99. The molecule has 1 aromatic carbocycles. The highest BCUT2D eigenvalue weighted by atomic mass is 35.5. The van der Waals surface area contributed by atoms with Gasteiger partial charge < -0.3 is 9.73 Å². The summed E-state index contributed by atoms with van der Waals surface area (Å²) >= 11 is 7.06. The minimum Gasteiger partial charge on any atom is -0.411 e. The van der Waals surface area contributed by atoms with Crippen molar-refractivity contribution in [2.75, 3.05) is 12.8 Å². The predicted octanol–water partition coefficient (Wildman–Crippen LogP) is 2.33. The van der Waals surface area contributed by atoms with Gasteiger partial charge in [-0.2, -0.15) is 0 Å². The van der Waals surface area contributed by atoms with Crippen molar-refractivity contribution in [2.45, 2.75) is 11.6 Å². The van der Waals surface area contributed by atoms with Crippen LogP contribution in [0.25, 0.3) is 11.5 Å². The molecule has 7 nitrogen and oxygen atoms in total. The monoisotopic (exact) mass is 340 g/mol. The number of nitrogens with zero attached hydrogens (tertiary/aromatic N) is 2. The molecule has 0 saturated carbocycles. The molecule has 0 atom stereocenters. The van der Waals surface area contributed by atoms with Crippen molar-refractivity contribution in [1.82, 2.24) is 20.8 Å². The van der Waals surface area contributed by atoms with Crippen LogP contribution in [-0.2, 0) is 4.79 Å². The van der Waals surface area contributed by atoms with E-state index in [2.05, 4.69) is 20.8 Å². The Balaban J connectivity index is 1.84. The van der Waals surface area contributed by atoms with Crippen LogP contribution in [0.1, 0.15) is 6.42 Å². The second-order valence-corrected chi connectivity index (χ2v) is 5.59. The van der Waals surface area contributed by atoms with E-state index < -0.39 is 6.03 Å². The molecule has 2 aromatic rings. The molecular formula is C13H13ClN4O3S. The molecule has 0 aliphatic rings. The Kier molecular flexibility index (Phi) is 5.79. The molecule has 0 saturated heterocycles. The van der Waals surface area contributed by atoms with E-state index in [-0.39, 0.29) is 12.3 Å². The first kappa shape index (κ1) is 16.3. The third-order valence-corrected chi connectivity index (χ3v) is 3.60. The van der Waals surface area contributed by atoms with E-state index >= 15 is 0 Å². The number of aromatic nitrogens is 2. The number of nitrogens with one attached hydrogen (secondary N) is 2. The van der Waals surface area contributed by atoms with Crippen LogP contribution >= 0.6 is 23.4 Å². The molecule has 0 unspecified atom stereocenters. The van der Waals surface area contributed by atoms with Crippen LogP contribution in [0, 0.1) is 0 Å². The van der Waals surface area contributed by atoms with Gasteiger partial charge in [-0.25, -0.2) is 4.79 Å². The van der Waals surface area contributed by atoms with Gasteiger partial charge in [-0.3, -0.25) is 10.1 Å². The number of imide groups is 1. The maximum absolute atomic E-state index is 11.4. The summed E-state index contributed by atoms with van der Waals surface area (Å²) in [5, 5.41) is 13.3. The van der Waals surface area contributed by atoms with E-state index in [9.17, 15) is 9.59 Å². The summed E-state index contributed by atoms with van der Waals surface area (Å²) in [5.41, 5.74) is 0.765. The summed E-state index contributed by atoms with van der Waals surface area (Å²) in [6, 6.07) is 6.49. The first-order valence-corrected chi connectivity index (χ1v) is 7.68. The van der Waals surface area contributed by atoms with Crippen LogP contribution in [0.3, 0.4) is 0 Å². The lowest BCUT2D eigenvalue weighted by molar-refractivity contribution is -0.119. The molecule has 0 aliphatic heterocycles. The molecule has 1 heterocycles. The molecule has 0 fully saturated rings. The molecule has 2 N–H and O–H groups in total. The summed E-state index contributed by atoms with van der Waals surface area (Å²) in [4.78, 5) is 22.3. The van der Waals surface area contributed by atoms with Gasteiger partial charge >= 0.3 is 6.03 Å². The summed E-state index contributed by atoms with van der Waals surface area (Å²) < 4.78 is 5.48. The number of thioether (sulfide) groups is 1. The zero-order valence-corrected chi connectivity index (χ0v) is 13.2. The number of carbonyl (C=O) groups is 2. The van der Waals surface area contributed by atoms with Gasteiger partial charge in [0.15, 0.2) is 0 Å². The normalized spacial score (nSPS) is 10.3. The number of halogens is 1. The van der Waals surface area contributed by atoms with Crippen molar-refractivity contribution in [2.24, 2.45) is 0 Å². The molecule has 0 aliphatic carbocycles. The summed E-state index contributed by atoms with van der Waals surface area (Å²) in [6.45, 7) is 0. The van der Waals surface area contributed by atoms with E-state index in [0.717, 1.165) is 5.56 Å². The van der Waals surface area contributed by atoms with Gasteiger partial charge in [-0.15, -0.1) is 10.2 Å². The van der Waals surface area contributed by atoms with E-state index in [1.54, 1.807) is 24.3 Å². The first-order valence-electron chi connectivity index (χ1n) is 6.32. The van der Waals surface area contributed by atoms with Crippen LogP contribution in [0.2, 0.25) is 5.02 Å². The maximum atomic E-state index is 11.4. The molecule has 3 amide bonds. The second kappa shape index (κ2) is 7.81. The Labute approximate surface area is 135 Å². The number of urea groups is 1. The summed E-state index contributed by atoms with van der Waals surface area (Å²) in [5.74, 6) is 0.434. The molecule has 9 heteroatoms. The second-order valence-electron chi connectivity index (χ2n) is 4.11. The van der Waals surface area contributed by atoms with Gasteiger partial charge in [-0.1, -0.05) is 23.4 Å². The lowest BCUT2D eigenvalue weighted by Crippen LogP contribution is -2.37. The van der Waals surface area contributed by atoms with Gasteiger partial charge in [0.25, 0.3) is 5.22 Å². The Bertz CT molecular complexity index is 660. The number of hydrogen-bond donors (Lipinski definition) is 2. The third-order valence-electron chi connectivity index (χ3n) is 2.53. The van der Waals surface area contributed by atoms with Gasteiger partial charge in [0.05, 0.1) is 0 Å². The Morgan fingerprint density at radius 1 is 1.27 bits per heavy atom. The zero-order chi connectivity index (χ0) is 15.9. The van der Waals surface area contributed by atoms with E-state index in [0.29, 0.717) is 21.9 Å². The Hall–Kier alpha value is -2.06. The first-order chi connectivity index (χ1) is 10.6. The maximum Gasteiger partial charge on any atom is 0.321 e. The quantitative estimate of drug-likeness (QED) is 0.811. The van der Waals surface area contributed by atoms with E-state index in [1.165, 1.54) is 18.8 Å². The minimum absolute atomic E-state index is 0.163. The van der Waals surface area contributed by atoms with Crippen molar-refractivity contribution >= 4 is 35.3 Å². The molecule has 1 aromatic heterocycles. The molecule has 0 spiro atoms. The highest BCUT2D eigenvalue weighted by Gasteiger charge is 2.11. The number of benzene rings is 1. The molecule has 22 heavy (non-hydrogen) atoms. The average Bonchev–Trinajstić information content (AvgIpc) is 2.96. The summed E-state index contributed by atoms with van der Waals surface area (Å²) in [7, 11) is 1.44. The number of hydrogen-bond acceptors (Lipinski definition) is 6. The van der Waals surface area contributed by atoms with Crippen LogP contribution in [0.4, 0.5) is 4.79 Å². The van der Waals surface area contributed by atoms with E-state index in [1.807, 2.05) is 0 Å². The van der Waals surface area contributed by atoms with E-state index in [4.69, 9.17) is 16.0 Å². The van der Waals surface area contributed by atoms with Crippen LogP contribution < -0.4 is 10.6 Å². The Morgan fingerprint density at radius 3 is 2.68 bits per heavy atom. The fourth-order valence-electron chi connectivity index (χ4n) is 1.46. The molecule has 2 rings (SSSR count). The van der Waals surface area contributed by atoms with Gasteiger partial charge in [0.1, 0.15) is 0 Å². The smallest absolute Gasteiger partial charge is 0.321 e. The van der Waals surface area contributed by atoms with Crippen LogP contribution in [0.15, 0.2) is 33.9 Å². The van der Waals surface area contributed by atoms with Crippen molar-refractivity contribution < 1.29 is 14.0 Å². The number of rotatable bonds is 5. The van der Waals surface area contributed by atoms with Gasteiger partial charge in [0, 0.05) is 29.8 Å². The minimum atomic E-state index is -0.530. The molecule has 0 radical (unpaired) electrons. The molecule has 116 valence electrons. The SMILES string of the molecule is CNC(=O)NC(=O)CCSc1nnc(-c2ccc(Cl)cc2)o1. The largest absolute Gasteiger partial charge is 0.411 e. The van der Waals surface area contributed by atoms with Gasteiger partial charge in [-0.05, 0) is 24.3 Å². The lowest BCUT2D eigenvalue weighted by atomic mass is 10.2. The zero-order valence-electron chi connectivity index (χ0n) is 11.6. The van der Waals surface area contributed by atoms with Crippen molar-refractivity contribution in [1.29, 1.82) is 0 Å². The molecular weight excluding hydrogens is 328 g/mol. The van der Waals surface area contributed by atoms with Crippen LogP contribution in [-0.4, -0.2) is 34.9 Å².